The molecule has 4 atom stereocenters. The quantitative estimate of drug-likeness (QED) is 0.805. The number of benzene rings is 1. The Balaban J connectivity index is 1.89. The van der Waals surface area contributed by atoms with Gasteiger partial charge in [-0.15, -0.1) is 0 Å². The Kier molecular flexibility index (Phi) is 3.03. The Morgan fingerprint density at radius 2 is 2.29 bits per heavy atom. The third-order valence-corrected chi connectivity index (χ3v) is 5.10. The molecule has 3 rings (SSSR count). The van der Waals surface area contributed by atoms with Crippen LogP contribution in [0.5, 0.6) is 0 Å². The van der Waals surface area contributed by atoms with Crippen LogP contribution in [0, 0.1) is 0 Å². The van der Waals surface area contributed by atoms with Crippen molar-refractivity contribution in [2.45, 2.75) is 31.0 Å². The molecule has 2 aliphatic rings. The Bertz CT molecular complexity index is 446. The fourth-order valence-corrected chi connectivity index (χ4v) is 4.19. The number of rotatable bonds is 2. The van der Waals surface area contributed by atoms with Gasteiger partial charge in [-0.2, -0.15) is 0 Å². The summed E-state index contributed by atoms with van der Waals surface area (Å²) in [7, 11) is -0.853. The second kappa shape index (κ2) is 4.52. The summed E-state index contributed by atoms with van der Waals surface area (Å²) < 4.78 is 23.6. The zero-order chi connectivity index (χ0) is 11.8. The van der Waals surface area contributed by atoms with Gasteiger partial charge in [-0.05, 0) is 24.5 Å². The Labute approximate surface area is 104 Å². The predicted octanol–water partition coefficient (Wildman–Crippen LogP) is 1.79. The van der Waals surface area contributed by atoms with E-state index in [2.05, 4.69) is 12.1 Å². The van der Waals surface area contributed by atoms with Gasteiger partial charge in [0.05, 0.1) is 11.0 Å². The van der Waals surface area contributed by atoms with Crippen LogP contribution in [0.25, 0.3) is 0 Å². The van der Waals surface area contributed by atoms with Gasteiger partial charge in [-0.25, -0.2) is 0 Å². The summed E-state index contributed by atoms with van der Waals surface area (Å²) in [6, 6.07) is 8.21. The minimum absolute atomic E-state index is 0.0441. The zero-order valence-electron chi connectivity index (χ0n) is 9.80. The standard InChI is InChI=1S/C13H16O3S/c1-2-15-12-8-17(14)11-7-9-5-3-4-6-10(9)13(11)16-12/h3-6,11-13H,2,7-8H2,1H3. The Hall–Kier alpha value is -0.710. The molecule has 1 aliphatic heterocycles. The van der Waals surface area contributed by atoms with Crippen molar-refractivity contribution in [1.82, 2.24) is 0 Å². The summed E-state index contributed by atoms with van der Waals surface area (Å²) in [6.45, 7) is 2.53. The third kappa shape index (κ3) is 1.94. The van der Waals surface area contributed by atoms with Crippen molar-refractivity contribution in [1.29, 1.82) is 0 Å². The van der Waals surface area contributed by atoms with Crippen LogP contribution in [0.2, 0.25) is 0 Å². The molecule has 92 valence electrons. The average Bonchev–Trinajstić information content (AvgIpc) is 2.69. The highest BCUT2D eigenvalue weighted by Crippen LogP contribution is 2.40. The smallest absolute Gasteiger partial charge is 0.169 e. The lowest BCUT2D eigenvalue weighted by atomic mass is 10.1. The molecule has 4 unspecified atom stereocenters. The van der Waals surface area contributed by atoms with Crippen LogP contribution < -0.4 is 0 Å². The van der Waals surface area contributed by atoms with Crippen molar-refractivity contribution in [3.8, 4) is 0 Å². The molecule has 0 amide bonds. The first-order valence-corrected chi connectivity index (χ1v) is 7.40. The molecular weight excluding hydrogens is 236 g/mol. The molecule has 0 saturated carbocycles. The summed E-state index contributed by atoms with van der Waals surface area (Å²) in [6.07, 6.45) is 0.511. The van der Waals surface area contributed by atoms with E-state index in [9.17, 15) is 4.21 Å². The van der Waals surface area contributed by atoms with E-state index >= 15 is 0 Å². The van der Waals surface area contributed by atoms with Crippen LogP contribution in [0.15, 0.2) is 24.3 Å². The van der Waals surface area contributed by atoms with Gasteiger partial charge >= 0.3 is 0 Å². The molecule has 0 spiro atoms. The lowest BCUT2D eigenvalue weighted by Crippen LogP contribution is -2.39. The van der Waals surface area contributed by atoms with E-state index in [1.165, 1.54) is 11.1 Å². The minimum atomic E-state index is -0.853. The maximum absolute atomic E-state index is 12.2. The summed E-state index contributed by atoms with van der Waals surface area (Å²) in [5.74, 6) is 0.503. The van der Waals surface area contributed by atoms with Crippen molar-refractivity contribution in [2.75, 3.05) is 12.4 Å². The Morgan fingerprint density at radius 3 is 3.12 bits per heavy atom. The summed E-state index contributed by atoms with van der Waals surface area (Å²) in [4.78, 5) is 0. The lowest BCUT2D eigenvalue weighted by Gasteiger charge is -2.31. The highest BCUT2D eigenvalue weighted by molar-refractivity contribution is 7.85. The van der Waals surface area contributed by atoms with Crippen LogP contribution in [0.4, 0.5) is 0 Å². The molecule has 4 heteroatoms. The second-order valence-electron chi connectivity index (χ2n) is 4.43. The molecule has 1 heterocycles. The molecule has 0 N–H and O–H groups in total. The molecule has 1 aliphatic carbocycles. The SMILES string of the molecule is CCOC1CS(=O)C2Cc3ccccc3C2O1. The van der Waals surface area contributed by atoms with Crippen molar-refractivity contribution < 1.29 is 13.7 Å². The van der Waals surface area contributed by atoms with Crippen LogP contribution >= 0.6 is 0 Å². The highest BCUT2D eigenvalue weighted by atomic mass is 32.2. The first-order chi connectivity index (χ1) is 8.29. The fourth-order valence-electron chi connectivity index (χ4n) is 2.65. The molecular formula is C13H16O3S. The first kappa shape index (κ1) is 11.4. The van der Waals surface area contributed by atoms with Gasteiger partial charge in [0.2, 0.25) is 0 Å². The molecule has 1 fully saturated rings. The molecule has 0 bridgehead atoms. The van der Waals surface area contributed by atoms with E-state index in [0.29, 0.717) is 12.4 Å². The van der Waals surface area contributed by atoms with Crippen LogP contribution in [0.3, 0.4) is 0 Å². The van der Waals surface area contributed by atoms with Crippen molar-refractivity contribution in [3.05, 3.63) is 35.4 Å². The predicted molar refractivity (Wildman–Crippen MR) is 66.2 cm³/mol. The maximum atomic E-state index is 12.2. The van der Waals surface area contributed by atoms with Crippen LogP contribution in [-0.2, 0) is 26.7 Å². The zero-order valence-corrected chi connectivity index (χ0v) is 10.6. The van der Waals surface area contributed by atoms with E-state index in [1.807, 2.05) is 19.1 Å². The van der Waals surface area contributed by atoms with Crippen LogP contribution in [0.1, 0.15) is 24.2 Å². The monoisotopic (exact) mass is 252 g/mol. The molecule has 0 radical (unpaired) electrons. The first-order valence-electron chi connectivity index (χ1n) is 6.01. The highest BCUT2D eigenvalue weighted by Gasteiger charge is 2.43. The molecule has 1 aromatic carbocycles. The Morgan fingerprint density at radius 1 is 1.47 bits per heavy atom. The summed E-state index contributed by atoms with van der Waals surface area (Å²) in [5.41, 5.74) is 2.46. The van der Waals surface area contributed by atoms with Gasteiger partial charge in [-0.3, -0.25) is 4.21 Å². The summed E-state index contributed by atoms with van der Waals surface area (Å²) >= 11 is 0. The molecule has 1 aromatic rings. The van der Waals surface area contributed by atoms with Gasteiger partial charge in [0.1, 0.15) is 6.10 Å². The topological polar surface area (TPSA) is 35.5 Å². The van der Waals surface area contributed by atoms with Crippen molar-refractivity contribution >= 4 is 10.8 Å². The molecule has 17 heavy (non-hydrogen) atoms. The largest absolute Gasteiger partial charge is 0.352 e. The van der Waals surface area contributed by atoms with E-state index in [-0.39, 0.29) is 17.6 Å². The van der Waals surface area contributed by atoms with Crippen molar-refractivity contribution in [2.24, 2.45) is 0 Å². The lowest BCUT2D eigenvalue weighted by molar-refractivity contribution is -0.160. The average molecular weight is 252 g/mol. The number of fused-ring (bicyclic) bond motifs is 3. The number of hydrogen-bond donors (Lipinski definition) is 0. The molecule has 3 nitrogen and oxygen atoms in total. The van der Waals surface area contributed by atoms with Gasteiger partial charge in [0, 0.05) is 17.4 Å². The molecule has 1 saturated heterocycles. The number of ether oxygens (including phenoxy) is 2. The van der Waals surface area contributed by atoms with E-state index in [1.54, 1.807) is 0 Å². The van der Waals surface area contributed by atoms with Crippen LogP contribution in [-0.4, -0.2) is 28.1 Å². The molecule has 0 aromatic heterocycles. The van der Waals surface area contributed by atoms with E-state index in [0.717, 1.165) is 6.42 Å². The van der Waals surface area contributed by atoms with Gasteiger partial charge in [-0.1, -0.05) is 24.3 Å². The van der Waals surface area contributed by atoms with E-state index in [4.69, 9.17) is 9.47 Å². The van der Waals surface area contributed by atoms with Gasteiger partial charge in [0.25, 0.3) is 0 Å². The second-order valence-corrected chi connectivity index (χ2v) is 6.13. The van der Waals surface area contributed by atoms with Gasteiger partial charge < -0.3 is 9.47 Å². The van der Waals surface area contributed by atoms with E-state index < -0.39 is 10.8 Å². The fraction of sp³-hybridized carbons (Fsp3) is 0.538. The minimum Gasteiger partial charge on any atom is -0.352 e. The van der Waals surface area contributed by atoms with Crippen molar-refractivity contribution in [3.63, 3.8) is 0 Å². The summed E-state index contributed by atoms with van der Waals surface area (Å²) in [5, 5.41) is 0.115. The van der Waals surface area contributed by atoms with Gasteiger partial charge in [0.15, 0.2) is 6.29 Å². The number of hydrogen-bond acceptors (Lipinski definition) is 3. The normalized spacial score (nSPS) is 35.4. The maximum Gasteiger partial charge on any atom is 0.169 e. The third-order valence-electron chi connectivity index (χ3n) is 3.41.